The third-order valence-electron chi connectivity index (χ3n) is 13.6. The van der Waals surface area contributed by atoms with Gasteiger partial charge < -0.3 is 0 Å². The first-order valence-corrected chi connectivity index (χ1v) is 27.8. The average molecular weight is 810 g/mol. The lowest BCUT2D eigenvalue weighted by Gasteiger charge is -2.11. The Kier molecular flexibility index (Phi) is 44.9. The van der Waals surface area contributed by atoms with Gasteiger partial charge in [-0.2, -0.15) is 0 Å². The van der Waals surface area contributed by atoms with Crippen molar-refractivity contribution in [1.29, 1.82) is 0 Å². The number of unbranched alkanes of at least 4 members (excludes halogenated alkanes) is 43. The van der Waals surface area contributed by atoms with Gasteiger partial charge in [-0.1, -0.05) is 290 Å². The molecule has 1 nitrogen and oxygen atoms in total. The van der Waals surface area contributed by atoms with Crippen molar-refractivity contribution in [1.82, 2.24) is 0 Å². The van der Waals surface area contributed by atoms with Crippen LogP contribution in [0.4, 0.5) is 0 Å². The fourth-order valence-electron chi connectivity index (χ4n) is 9.56. The van der Waals surface area contributed by atoms with Crippen molar-refractivity contribution in [3.05, 3.63) is 29.6 Å². The molecule has 1 heteroatoms. The lowest BCUT2D eigenvalue weighted by molar-refractivity contribution is -0.705. The summed E-state index contributed by atoms with van der Waals surface area (Å²) in [6.45, 7) is 8.19. The Morgan fingerprint density at radius 2 is 0.517 bits per heavy atom. The zero-order chi connectivity index (χ0) is 41.5. The fraction of sp³-hybridized carbons (Fsp3) is 0.912. The number of hydrogen-bond donors (Lipinski definition) is 0. The van der Waals surface area contributed by atoms with E-state index in [4.69, 9.17) is 0 Å². The molecule has 0 unspecified atom stereocenters. The Morgan fingerprint density at radius 1 is 0.276 bits per heavy atom. The van der Waals surface area contributed by atoms with E-state index in [0.717, 1.165) is 0 Å². The maximum atomic E-state index is 2.70. The number of nitrogens with zero attached hydrogens (tertiary/aromatic N) is 1. The molecule has 0 amide bonds. The summed E-state index contributed by atoms with van der Waals surface area (Å²) in [6, 6.07) is 4.87. The third kappa shape index (κ3) is 38.1. The SMILES string of the molecule is CCCCCCCCCCCCCCCCCCc1ccc[n+](CCCCCCCCCCCCCCCC)c1CCCCCCCCCCCCCCCCCC. The summed E-state index contributed by atoms with van der Waals surface area (Å²) in [7, 11) is 0. The zero-order valence-electron chi connectivity index (χ0n) is 40.8. The number of pyridine rings is 1. The van der Waals surface area contributed by atoms with Gasteiger partial charge in [0, 0.05) is 24.5 Å². The smallest absolute Gasteiger partial charge is 0.184 e. The van der Waals surface area contributed by atoms with Gasteiger partial charge in [-0.15, -0.1) is 0 Å². The maximum absolute atomic E-state index is 2.70. The van der Waals surface area contributed by atoms with E-state index in [0.29, 0.717) is 0 Å². The summed E-state index contributed by atoms with van der Waals surface area (Å²) in [5, 5.41) is 0. The predicted octanol–water partition coefficient (Wildman–Crippen LogP) is 20.1. The van der Waals surface area contributed by atoms with E-state index >= 15 is 0 Å². The molecule has 0 saturated heterocycles. The minimum absolute atomic E-state index is 1.24. The Morgan fingerprint density at radius 3 is 0.810 bits per heavy atom. The third-order valence-corrected chi connectivity index (χ3v) is 13.6. The van der Waals surface area contributed by atoms with Crippen molar-refractivity contribution in [2.75, 3.05) is 0 Å². The molecule has 342 valence electrons. The molecule has 0 spiro atoms. The molecule has 0 saturated carbocycles. The molecule has 0 N–H and O–H groups in total. The molecule has 58 heavy (non-hydrogen) atoms. The minimum Gasteiger partial charge on any atom is -0.202 e. The van der Waals surface area contributed by atoms with Crippen LogP contribution < -0.4 is 4.57 Å². The van der Waals surface area contributed by atoms with E-state index in [1.165, 1.54) is 315 Å². The van der Waals surface area contributed by atoms with Crippen LogP contribution in [-0.4, -0.2) is 0 Å². The van der Waals surface area contributed by atoms with Gasteiger partial charge in [0.25, 0.3) is 0 Å². The Bertz CT molecular complexity index is 905. The molecule has 0 aliphatic heterocycles. The van der Waals surface area contributed by atoms with Gasteiger partial charge in [0.2, 0.25) is 0 Å². The molecular weight excluding hydrogens is 699 g/mol. The summed E-state index contributed by atoms with van der Waals surface area (Å²) in [5.74, 6) is 0. The van der Waals surface area contributed by atoms with E-state index in [-0.39, 0.29) is 0 Å². The van der Waals surface area contributed by atoms with Crippen LogP contribution in [0.3, 0.4) is 0 Å². The first-order valence-electron chi connectivity index (χ1n) is 27.8. The summed E-state index contributed by atoms with van der Waals surface area (Å²) in [5.41, 5.74) is 3.38. The van der Waals surface area contributed by atoms with Crippen LogP contribution in [0.25, 0.3) is 0 Å². The molecule has 1 rings (SSSR count). The van der Waals surface area contributed by atoms with Gasteiger partial charge in [-0.3, -0.25) is 0 Å². The van der Waals surface area contributed by atoms with Crippen LogP contribution in [-0.2, 0) is 19.4 Å². The van der Waals surface area contributed by atoms with Gasteiger partial charge in [0.1, 0.15) is 6.54 Å². The molecule has 1 aromatic rings. The molecule has 0 bridgehead atoms. The quantitative estimate of drug-likeness (QED) is 0.0456. The lowest BCUT2D eigenvalue weighted by atomic mass is 9.99. The summed E-state index contributed by atoms with van der Waals surface area (Å²) in [6.07, 6.45) is 71.7. The standard InChI is InChI=1S/C57H110N/c1-4-7-10-13-16-19-22-25-28-30-32-35-38-41-44-47-51-56-52-50-55-58(54-49-46-43-40-37-34-27-24-21-18-15-12-9-6-3)57(56)53-48-45-42-39-36-33-31-29-26-23-20-17-14-11-8-5-2/h50,52,55H,4-49,51,53-54H2,1-3H3/q+1. The molecule has 1 aromatic heterocycles. The molecule has 0 atom stereocenters. The normalized spacial score (nSPS) is 11.6. The second-order valence-corrected chi connectivity index (χ2v) is 19.4. The topological polar surface area (TPSA) is 3.88 Å². The van der Waals surface area contributed by atoms with E-state index in [1.54, 1.807) is 11.3 Å². The van der Waals surface area contributed by atoms with Crippen molar-refractivity contribution >= 4 is 0 Å². The van der Waals surface area contributed by atoms with Gasteiger partial charge in [-0.25, -0.2) is 4.57 Å². The van der Waals surface area contributed by atoms with Crippen LogP contribution in [0.2, 0.25) is 0 Å². The average Bonchev–Trinajstić information content (AvgIpc) is 3.24. The summed E-state index contributed by atoms with van der Waals surface area (Å²) in [4.78, 5) is 0. The second kappa shape index (κ2) is 47.2. The molecule has 1 heterocycles. The minimum atomic E-state index is 1.24. The Labute approximate surface area is 368 Å². The van der Waals surface area contributed by atoms with Gasteiger partial charge in [-0.05, 0) is 31.7 Å². The van der Waals surface area contributed by atoms with Crippen molar-refractivity contribution in [2.45, 2.75) is 336 Å². The van der Waals surface area contributed by atoms with Crippen molar-refractivity contribution in [3.63, 3.8) is 0 Å². The van der Waals surface area contributed by atoms with E-state index < -0.39 is 0 Å². The highest BCUT2D eigenvalue weighted by Gasteiger charge is 2.15. The van der Waals surface area contributed by atoms with Crippen molar-refractivity contribution in [3.8, 4) is 0 Å². The van der Waals surface area contributed by atoms with Crippen molar-refractivity contribution < 1.29 is 4.57 Å². The fourth-order valence-corrected chi connectivity index (χ4v) is 9.56. The predicted molar refractivity (Wildman–Crippen MR) is 263 cm³/mol. The van der Waals surface area contributed by atoms with Gasteiger partial charge in [0.15, 0.2) is 11.9 Å². The Hall–Kier alpha value is -0.850. The molecule has 0 aliphatic carbocycles. The number of hydrogen-bond acceptors (Lipinski definition) is 0. The van der Waals surface area contributed by atoms with Gasteiger partial charge in [0.05, 0.1) is 0 Å². The first kappa shape index (κ1) is 55.2. The summed E-state index contributed by atoms with van der Waals surface area (Å²) < 4.78 is 2.70. The summed E-state index contributed by atoms with van der Waals surface area (Å²) >= 11 is 0. The van der Waals surface area contributed by atoms with E-state index in [9.17, 15) is 0 Å². The lowest BCUT2D eigenvalue weighted by Crippen LogP contribution is -2.39. The van der Waals surface area contributed by atoms with Crippen LogP contribution in [0, 0.1) is 0 Å². The molecule has 0 aromatic carbocycles. The molecular formula is C57H110N+. The number of aromatic nitrogens is 1. The highest BCUT2D eigenvalue weighted by Crippen LogP contribution is 2.19. The van der Waals surface area contributed by atoms with Crippen LogP contribution in [0.15, 0.2) is 18.3 Å². The molecule has 0 radical (unpaired) electrons. The molecule has 0 aliphatic rings. The largest absolute Gasteiger partial charge is 0.202 e. The first-order chi connectivity index (χ1) is 28.8. The Balaban J connectivity index is 2.31. The monoisotopic (exact) mass is 809 g/mol. The van der Waals surface area contributed by atoms with E-state index in [2.05, 4.69) is 43.7 Å². The number of rotatable bonds is 49. The van der Waals surface area contributed by atoms with Gasteiger partial charge >= 0.3 is 0 Å². The highest BCUT2D eigenvalue weighted by atomic mass is 15.0. The van der Waals surface area contributed by atoms with Crippen LogP contribution in [0.1, 0.15) is 327 Å². The van der Waals surface area contributed by atoms with Crippen LogP contribution >= 0.6 is 0 Å². The van der Waals surface area contributed by atoms with Crippen molar-refractivity contribution in [2.24, 2.45) is 0 Å². The van der Waals surface area contributed by atoms with Crippen LogP contribution in [0.5, 0.6) is 0 Å². The second-order valence-electron chi connectivity index (χ2n) is 19.4. The number of aryl methyl sites for hydroxylation is 2. The zero-order valence-corrected chi connectivity index (χ0v) is 40.8. The maximum Gasteiger partial charge on any atom is 0.184 e. The van der Waals surface area contributed by atoms with E-state index in [1.807, 2.05) is 0 Å². The molecule has 0 fully saturated rings. The highest BCUT2D eigenvalue weighted by molar-refractivity contribution is 5.16.